The molecule has 3 rings (SSSR count). The Bertz CT molecular complexity index is 583. The first-order valence-corrected chi connectivity index (χ1v) is 6.97. The molecule has 1 aliphatic rings. The van der Waals surface area contributed by atoms with Crippen LogP contribution >= 0.6 is 0 Å². The summed E-state index contributed by atoms with van der Waals surface area (Å²) >= 11 is 0. The summed E-state index contributed by atoms with van der Waals surface area (Å²) in [4.78, 5) is 12.2. The summed E-state index contributed by atoms with van der Waals surface area (Å²) in [5, 5.41) is 7.06. The SMILES string of the molecule is Nc1cc(C(=O)NCCCn2cccn2)n(C2CC2)c1. The third-order valence-corrected chi connectivity index (χ3v) is 3.45. The number of nitrogens with two attached hydrogens (primary N) is 1. The number of carbonyl (C=O) groups excluding carboxylic acids is 1. The predicted octanol–water partition coefficient (Wildman–Crippen LogP) is 1.42. The molecule has 0 spiro atoms. The van der Waals surface area contributed by atoms with E-state index in [1.54, 1.807) is 12.3 Å². The zero-order valence-electron chi connectivity index (χ0n) is 11.3. The van der Waals surface area contributed by atoms with E-state index in [0.29, 0.717) is 24.0 Å². The first kappa shape index (κ1) is 12.8. The number of nitrogens with zero attached hydrogens (tertiary/aromatic N) is 3. The Hall–Kier alpha value is -2.24. The summed E-state index contributed by atoms with van der Waals surface area (Å²) in [7, 11) is 0. The van der Waals surface area contributed by atoms with Crippen molar-refractivity contribution in [1.29, 1.82) is 0 Å². The first-order chi connectivity index (χ1) is 9.74. The van der Waals surface area contributed by atoms with E-state index in [-0.39, 0.29) is 5.91 Å². The Morgan fingerprint density at radius 1 is 1.50 bits per heavy atom. The van der Waals surface area contributed by atoms with E-state index in [1.165, 1.54) is 0 Å². The molecular weight excluding hydrogens is 254 g/mol. The smallest absolute Gasteiger partial charge is 0.267 e. The van der Waals surface area contributed by atoms with Crippen molar-refractivity contribution >= 4 is 11.6 Å². The van der Waals surface area contributed by atoms with Crippen molar-refractivity contribution in [3.8, 4) is 0 Å². The van der Waals surface area contributed by atoms with Crippen molar-refractivity contribution in [3.63, 3.8) is 0 Å². The van der Waals surface area contributed by atoms with Crippen LogP contribution in [-0.2, 0) is 6.54 Å². The summed E-state index contributed by atoms with van der Waals surface area (Å²) in [5.41, 5.74) is 7.11. The lowest BCUT2D eigenvalue weighted by Crippen LogP contribution is -2.27. The molecule has 0 aromatic carbocycles. The van der Waals surface area contributed by atoms with E-state index >= 15 is 0 Å². The monoisotopic (exact) mass is 273 g/mol. The Kier molecular flexibility index (Phi) is 3.45. The Morgan fingerprint density at radius 2 is 2.35 bits per heavy atom. The minimum absolute atomic E-state index is 0.0472. The van der Waals surface area contributed by atoms with Crippen LogP contribution < -0.4 is 11.1 Å². The van der Waals surface area contributed by atoms with Gasteiger partial charge in [-0.25, -0.2) is 0 Å². The highest BCUT2D eigenvalue weighted by Crippen LogP contribution is 2.37. The van der Waals surface area contributed by atoms with Crippen LogP contribution in [-0.4, -0.2) is 26.8 Å². The van der Waals surface area contributed by atoms with Crippen LogP contribution in [0.1, 0.15) is 35.8 Å². The number of carbonyl (C=O) groups is 1. The van der Waals surface area contributed by atoms with Gasteiger partial charge in [0.05, 0.1) is 5.69 Å². The summed E-state index contributed by atoms with van der Waals surface area (Å²) in [6, 6.07) is 4.10. The molecule has 0 saturated heterocycles. The number of aryl methyl sites for hydroxylation is 1. The van der Waals surface area contributed by atoms with Gasteiger partial charge in [0.15, 0.2) is 0 Å². The maximum Gasteiger partial charge on any atom is 0.267 e. The van der Waals surface area contributed by atoms with Crippen molar-refractivity contribution in [2.45, 2.75) is 31.8 Å². The first-order valence-electron chi connectivity index (χ1n) is 6.97. The normalized spacial score (nSPS) is 14.4. The maximum atomic E-state index is 12.2. The molecule has 0 radical (unpaired) electrons. The van der Waals surface area contributed by atoms with Crippen LogP contribution in [0.25, 0.3) is 0 Å². The molecule has 2 aromatic heterocycles. The van der Waals surface area contributed by atoms with Gasteiger partial charge < -0.3 is 15.6 Å². The van der Waals surface area contributed by atoms with E-state index in [2.05, 4.69) is 10.4 Å². The van der Waals surface area contributed by atoms with E-state index in [0.717, 1.165) is 25.8 Å². The molecule has 2 aromatic rings. The van der Waals surface area contributed by atoms with Gasteiger partial charge >= 0.3 is 0 Å². The highest BCUT2D eigenvalue weighted by atomic mass is 16.1. The minimum Gasteiger partial charge on any atom is -0.397 e. The highest BCUT2D eigenvalue weighted by Gasteiger charge is 2.27. The minimum atomic E-state index is -0.0472. The number of nitrogen functional groups attached to an aromatic ring is 1. The van der Waals surface area contributed by atoms with Gasteiger partial charge in [-0.3, -0.25) is 9.48 Å². The third-order valence-electron chi connectivity index (χ3n) is 3.45. The number of rotatable bonds is 6. The van der Waals surface area contributed by atoms with E-state index in [1.807, 2.05) is 27.7 Å². The highest BCUT2D eigenvalue weighted by molar-refractivity contribution is 5.93. The largest absolute Gasteiger partial charge is 0.397 e. The third kappa shape index (κ3) is 2.84. The second-order valence-corrected chi connectivity index (χ2v) is 5.18. The average Bonchev–Trinajstić information content (AvgIpc) is 3.00. The van der Waals surface area contributed by atoms with Gasteiger partial charge in [0, 0.05) is 37.7 Å². The Morgan fingerprint density at radius 3 is 3.05 bits per heavy atom. The summed E-state index contributed by atoms with van der Waals surface area (Å²) in [5.74, 6) is -0.0472. The second kappa shape index (κ2) is 5.40. The Balaban J connectivity index is 1.51. The molecule has 2 heterocycles. The molecule has 1 amide bonds. The fraction of sp³-hybridized carbons (Fsp3) is 0.429. The van der Waals surface area contributed by atoms with Crippen molar-refractivity contribution in [2.24, 2.45) is 0 Å². The molecule has 3 N–H and O–H groups in total. The molecule has 1 fully saturated rings. The van der Waals surface area contributed by atoms with Gasteiger partial charge in [-0.2, -0.15) is 5.10 Å². The number of hydrogen-bond donors (Lipinski definition) is 2. The van der Waals surface area contributed by atoms with Crippen LogP contribution in [0.3, 0.4) is 0 Å². The van der Waals surface area contributed by atoms with Crippen LogP contribution in [0, 0.1) is 0 Å². The van der Waals surface area contributed by atoms with Crippen LogP contribution in [0.5, 0.6) is 0 Å². The summed E-state index contributed by atoms with van der Waals surface area (Å²) in [6.07, 6.45) is 8.65. The standard InChI is InChI=1S/C14H19N5O/c15-11-9-13(19(10-11)12-3-4-12)14(20)16-5-1-7-18-8-2-6-17-18/h2,6,8-10,12H,1,3-5,7,15H2,(H,16,20). The number of hydrogen-bond acceptors (Lipinski definition) is 3. The van der Waals surface area contributed by atoms with Crippen molar-refractivity contribution in [1.82, 2.24) is 19.7 Å². The maximum absolute atomic E-state index is 12.2. The number of nitrogens with one attached hydrogen (secondary N) is 1. The van der Waals surface area contributed by atoms with Gasteiger partial charge in [0.1, 0.15) is 5.69 Å². The van der Waals surface area contributed by atoms with Crippen molar-refractivity contribution < 1.29 is 4.79 Å². The van der Waals surface area contributed by atoms with E-state index in [4.69, 9.17) is 5.73 Å². The molecule has 1 aliphatic carbocycles. The fourth-order valence-electron chi connectivity index (χ4n) is 2.30. The van der Waals surface area contributed by atoms with Gasteiger partial charge in [-0.05, 0) is 31.4 Å². The Labute approximate surface area is 117 Å². The fourth-order valence-corrected chi connectivity index (χ4v) is 2.30. The quantitative estimate of drug-likeness (QED) is 0.781. The molecule has 20 heavy (non-hydrogen) atoms. The number of amides is 1. The van der Waals surface area contributed by atoms with Crippen LogP contribution in [0.2, 0.25) is 0 Å². The second-order valence-electron chi connectivity index (χ2n) is 5.18. The molecule has 0 unspecified atom stereocenters. The van der Waals surface area contributed by atoms with Crippen molar-refractivity contribution in [2.75, 3.05) is 12.3 Å². The zero-order valence-corrected chi connectivity index (χ0v) is 11.3. The average molecular weight is 273 g/mol. The lowest BCUT2D eigenvalue weighted by atomic mass is 10.3. The van der Waals surface area contributed by atoms with E-state index < -0.39 is 0 Å². The van der Waals surface area contributed by atoms with E-state index in [9.17, 15) is 4.79 Å². The zero-order chi connectivity index (χ0) is 13.9. The predicted molar refractivity (Wildman–Crippen MR) is 76.3 cm³/mol. The topological polar surface area (TPSA) is 77.9 Å². The van der Waals surface area contributed by atoms with Crippen LogP contribution in [0.15, 0.2) is 30.7 Å². The molecule has 0 bridgehead atoms. The van der Waals surface area contributed by atoms with Gasteiger partial charge in [-0.15, -0.1) is 0 Å². The lowest BCUT2D eigenvalue weighted by molar-refractivity contribution is 0.0943. The molecule has 6 nitrogen and oxygen atoms in total. The molecule has 0 atom stereocenters. The van der Waals surface area contributed by atoms with Gasteiger partial charge in [-0.1, -0.05) is 0 Å². The number of aromatic nitrogens is 3. The van der Waals surface area contributed by atoms with Crippen molar-refractivity contribution in [3.05, 3.63) is 36.4 Å². The number of anilines is 1. The van der Waals surface area contributed by atoms with Gasteiger partial charge in [0.25, 0.3) is 5.91 Å². The van der Waals surface area contributed by atoms with Gasteiger partial charge in [0.2, 0.25) is 0 Å². The van der Waals surface area contributed by atoms with Crippen LogP contribution in [0.4, 0.5) is 5.69 Å². The molecule has 1 saturated carbocycles. The summed E-state index contributed by atoms with van der Waals surface area (Å²) in [6.45, 7) is 1.44. The lowest BCUT2D eigenvalue weighted by Gasteiger charge is -2.08. The molecule has 106 valence electrons. The molecular formula is C14H19N5O. The molecule has 0 aliphatic heterocycles. The summed E-state index contributed by atoms with van der Waals surface area (Å²) < 4.78 is 3.86. The molecule has 6 heteroatoms.